The number of nitrogens with one attached hydrogen (secondary N) is 1. The number of hydrogen-bond donors (Lipinski definition) is 1. The van der Waals surface area contributed by atoms with Gasteiger partial charge in [0.1, 0.15) is 6.61 Å². The molecule has 2 heterocycles. The second kappa shape index (κ2) is 9.59. The number of benzene rings is 2. The first-order valence-corrected chi connectivity index (χ1v) is 10.6. The summed E-state index contributed by atoms with van der Waals surface area (Å²) in [6.45, 7) is 3.75. The highest BCUT2D eigenvalue weighted by Crippen LogP contribution is 2.31. The number of ether oxygens (including phenoxy) is 3. The number of esters is 1. The van der Waals surface area contributed by atoms with Crippen molar-refractivity contribution >= 4 is 23.6 Å². The second-order valence-electron chi connectivity index (χ2n) is 7.41. The van der Waals surface area contributed by atoms with Gasteiger partial charge in [0.15, 0.2) is 11.5 Å². The Labute approximate surface area is 185 Å². The van der Waals surface area contributed by atoms with Gasteiger partial charge in [-0.2, -0.15) is 0 Å². The fourth-order valence-electron chi connectivity index (χ4n) is 3.62. The number of carbonyl (C=O) groups is 3. The molecule has 1 atom stereocenters. The van der Waals surface area contributed by atoms with Crippen LogP contribution in [0.25, 0.3) is 0 Å². The molecule has 0 aliphatic carbocycles. The fraction of sp³-hybridized carbons (Fsp3) is 0.348. The van der Waals surface area contributed by atoms with Crippen LogP contribution in [-0.2, 0) is 9.53 Å². The summed E-state index contributed by atoms with van der Waals surface area (Å²) >= 11 is 0. The Morgan fingerprint density at radius 1 is 1.00 bits per heavy atom. The zero-order valence-electron chi connectivity index (χ0n) is 17.8. The molecule has 9 heteroatoms. The highest BCUT2D eigenvalue weighted by molar-refractivity contribution is 5.94. The van der Waals surface area contributed by atoms with E-state index in [0.29, 0.717) is 48.9 Å². The van der Waals surface area contributed by atoms with E-state index in [1.807, 2.05) is 12.1 Å². The van der Waals surface area contributed by atoms with Crippen LogP contribution in [0.1, 0.15) is 17.3 Å². The number of amides is 3. The predicted molar refractivity (Wildman–Crippen MR) is 116 cm³/mol. The largest absolute Gasteiger partial charge is 0.485 e. The van der Waals surface area contributed by atoms with Gasteiger partial charge in [-0.1, -0.05) is 18.2 Å². The molecule has 0 saturated carbocycles. The summed E-state index contributed by atoms with van der Waals surface area (Å²) in [5, 5.41) is 2.80. The lowest BCUT2D eigenvalue weighted by Crippen LogP contribution is -2.55. The molecule has 32 heavy (non-hydrogen) atoms. The number of urea groups is 1. The molecule has 0 spiro atoms. The van der Waals surface area contributed by atoms with Gasteiger partial charge in [0.25, 0.3) is 5.91 Å². The second-order valence-corrected chi connectivity index (χ2v) is 7.41. The van der Waals surface area contributed by atoms with Crippen LogP contribution >= 0.6 is 0 Å². The molecule has 1 saturated heterocycles. The smallest absolute Gasteiger partial charge is 0.338 e. The third kappa shape index (κ3) is 4.77. The average Bonchev–Trinajstić information content (AvgIpc) is 2.83. The first kappa shape index (κ1) is 21.5. The minimum atomic E-state index is -0.698. The Balaban J connectivity index is 1.29. The summed E-state index contributed by atoms with van der Waals surface area (Å²) in [4.78, 5) is 40.7. The molecule has 4 rings (SSSR count). The molecular formula is C23H25N3O6. The molecule has 0 aromatic heterocycles. The van der Waals surface area contributed by atoms with E-state index in [1.165, 1.54) is 0 Å². The van der Waals surface area contributed by atoms with Crippen molar-refractivity contribution in [1.82, 2.24) is 9.80 Å². The number of para-hydroxylation sites is 2. The molecule has 1 unspecified atom stereocenters. The van der Waals surface area contributed by atoms with E-state index < -0.39 is 12.1 Å². The highest BCUT2D eigenvalue weighted by atomic mass is 16.6. The van der Waals surface area contributed by atoms with Crippen molar-refractivity contribution < 1.29 is 28.6 Å². The molecule has 1 fully saturated rings. The van der Waals surface area contributed by atoms with E-state index in [0.717, 1.165) is 0 Å². The van der Waals surface area contributed by atoms with Crippen molar-refractivity contribution in [3.63, 3.8) is 0 Å². The van der Waals surface area contributed by atoms with Crippen LogP contribution in [0.4, 0.5) is 10.5 Å². The third-order valence-corrected chi connectivity index (χ3v) is 5.29. The Morgan fingerprint density at radius 2 is 1.72 bits per heavy atom. The zero-order chi connectivity index (χ0) is 22.5. The minimum absolute atomic E-state index is 0.151. The number of rotatable bonds is 4. The highest BCUT2D eigenvalue weighted by Gasteiger charge is 2.33. The van der Waals surface area contributed by atoms with Gasteiger partial charge in [-0.05, 0) is 37.3 Å². The molecule has 168 valence electrons. The van der Waals surface area contributed by atoms with Gasteiger partial charge in [0.2, 0.25) is 6.10 Å². The van der Waals surface area contributed by atoms with Crippen LogP contribution in [0.15, 0.2) is 48.5 Å². The summed E-state index contributed by atoms with van der Waals surface area (Å²) in [6.07, 6.45) is -0.698. The van der Waals surface area contributed by atoms with E-state index >= 15 is 0 Å². The summed E-state index contributed by atoms with van der Waals surface area (Å²) < 4.78 is 16.4. The van der Waals surface area contributed by atoms with Crippen LogP contribution in [0.2, 0.25) is 0 Å². The average molecular weight is 439 g/mol. The van der Waals surface area contributed by atoms with Crippen LogP contribution in [0, 0.1) is 0 Å². The summed E-state index contributed by atoms with van der Waals surface area (Å²) in [7, 11) is 0. The first-order chi connectivity index (χ1) is 15.5. The van der Waals surface area contributed by atoms with Crippen molar-refractivity contribution in [2.75, 3.05) is 44.7 Å². The lowest BCUT2D eigenvalue weighted by atomic mass is 10.2. The molecule has 0 radical (unpaired) electrons. The van der Waals surface area contributed by atoms with Crippen LogP contribution in [0.3, 0.4) is 0 Å². The number of fused-ring (bicyclic) bond motifs is 1. The van der Waals surface area contributed by atoms with Gasteiger partial charge in [0.05, 0.1) is 12.2 Å². The molecule has 2 aliphatic rings. The maximum atomic E-state index is 12.8. The Morgan fingerprint density at radius 3 is 2.47 bits per heavy atom. The van der Waals surface area contributed by atoms with E-state index in [2.05, 4.69) is 5.32 Å². The zero-order valence-corrected chi connectivity index (χ0v) is 17.8. The van der Waals surface area contributed by atoms with Gasteiger partial charge in [0, 0.05) is 31.9 Å². The van der Waals surface area contributed by atoms with E-state index in [4.69, 9.17) is 14.2 Å². The van der Waals surface area contributed by atoms with Crippen LogP contribution in [-0.4, -0.2) is 73.2 Å². The van der Waals surface area contributed by atoms with Gasteiger partial charge in [-0.25, -0.2) is 9.59 Å². The molecule has 3 amide bonds. The SMILES string of the molecule is CCOC(=O)c1cccc(NC(=O)N2CCN(C(=O)C3COc4ccccc4O3)CC2)c1. The van der Waals surface area contributed by atoms with Crippen molar-refractivity contribution in [3.05, 3.63) is 54.1 Å². The third-order valence-electron chi connectivity index (χ3n) is 5.29. The lowest BCUT2D eigenvalue weighted by molar-refractivity contribution is -0.142. The summed E-state index contributed by atoms with van der Waals surface area (Å²) in [5.41, 5.74) is 0.877. The van der Waals surface area contributed by atoms with Gasteiger partial charge in [-0.3, -0.25) is 4.79 Å². The van der Waals surface area contributed by atoms with Crippen molar-refractivity contribution in [2.45, 2.75) is 13.0 Å². The molecule has 2 aliphatic heterocycles. The van der Waals surface area contributed by atoms with Crippen LogP contribution in [0.5, 0.6) is 11.5 Å². The Bertz CT molecular complexity index is 1000. The van der Waals surface area contributed by atoms with E-state index in [-0.39, 0.29) is 25.2 Å². The Kier molecular flexibility index (Phi) is 6.44. The standard InChI is InChI=1S/C23H25N3O6/c1-2-30-22(28)16-6-5-7-17(14-16)24-23(29)26-12-10-25(11-13-26)21(27)20-15-31-18-8-3-4-9-19(18)32-20/h3-9,14,20H,2,10-13,15H2,1H3,(H,24,29). The maximum Gasteiger partial charge on any atom is 0.338 e. The Hall–Kier alpha value is -3.75. The summed E-state index contributed by atoms with van der Waals surface area (Å²) in [5.74, 6) is 0.596. The maximum absolute atomic E-state index is 12.8. The predicted octanol–water partition coefficient (Wildman–Crippen LogP) is 2.38. The van der Waals surface area contributed by atoms with E-state index in [9.17, 15) is 14.4 Å². The quantitative estimate of drug-likeness (QED) is 0.735. The number of piperazine rings is 1. The van der Waals surface area contributed by atoms with Crippen LogP contribution < -0.4 is 14.8 Å². The summed E-state index contributed by atoms with van der Waals surface area (Å²) in [6, 6.07) is 13.6. The number of hydrogen-bond acceptors (Lipinski definition) is 6. The molecule has 2 aromatic rings. The van der Waals surface area contributed by atoms with Crippen molar-refractivity contribution in [2.24, 2.45) is 0 Å². The number of nitrogens with zero attached hydrogens (tertiary/aromatic N) is 2. The fourth-order valence-corrected chi connectivity index (χ4v) is 3.62. The molecule has 0 bridgehead atoms. The molecular weight excluding hydrogens is 414 g/mol. The monoisotopic (exact) mass is 439 g/mol. The first-order valence-electron chi connectivity index (χ1n) is 10.6. The minimum Gasteiger partial charge on any atom is -0.485 e. The van der Waals surface area contributed by atoms with Crippen molar-refractivity contribution in [1.29, 1.82) is 0 Å². The van der Waals surface area contributed by atoms with E-state index in [1.54, 1.807) is 53.1 Å². The van der Waals surface area contributed by atoms with Gasteiger partial charge in [-0.15, -0.1) is 0 Å². The van der Waals surface area contributed by atoms with Gasteiger partial charge < -0.3 is 29.3 Å². The normalized spacial score (nSPS) is 17.5. The van der Waals surface area contributed by atoms with Crippen molar-refractivity contribution in [3.8, 4) is 11.5 Å². The number of anilines is 1. The lowest BCUT2D eigenvalue weighted by Gasteiger charge is -2.37. The number of carbonyl (C=O) groups excluding carboxylic acids is 3. The topological polar surface area (TPSA) is 97.4 Å². The molecule has 9 nitrogen and oxygen atoms in total. The molecule has 2 aromatic carbocycles. The molecule has 1 N–H and O–H groups in total. The van der Waals surface area contributed by atoms with Gasteiger partial charge >= 0.3 is 12.0 Å².